The Balaban J connectivity index is 3.44. The van der Waals surface area contributed by atoms with Crippen LogP contribution in [0.1, 0.15) is 52.8 Å². The van der Waals surface area contributed by atoms with Gasteiger partial charge in [0.2, 0.25) is 10.0 Å². The number of sulfonamides is 1. The SMILES string of the molecule is CC(C)(C)c1cnc(C(C)(C)C)c(NS(C)(=O)=O)c1. The number of nitrogens with one attached hydrogen (secondary N) is 1. The van der Waals surface area contributed by atoms with Crippen LogP contribution in [-0.4, -0.2) is 19.7 Å². The van der Waals surface area contributed by atoms with E-state index in [0.29, 0.717) is 5.69 Å². The van der Waals surface area contributed by atoms with Gasteiger partial charge in [0.1, 0.15) is 0 Å². The molecule has 0 aromatic carbocycles. The van der Waals surface area contributed by atoms with Gasteiger partial charge in [-0.15, -0.1) is 0 Å². The third-order valence-corrected chi connectivity index (χ3v) is 3.35. The maximum absolute atomic E-state index is 11.5. The van der Waals surface area contributed by atoms with Crippen molar-refractivity contribution < 1.29 is 8.42 Å². The minimum atomic E-state index is -3.31. The fraction of sp³-hybridized carbons (Fsp3) is 0.643. The summed E-state index contributed by atoms with van der Waals surface area (Å²) in [5, 5.41) is 0. The summed E-state index contributed by atoms with van der Waals surface area (Å²) < 4.78 is 25.6. The van der Waals surface area contributed by atoms with Crippen molar-refractivity contribution in [2.45, 2.75) is 52.4 Å². The van der Waals surface area contributed by atoms with Crippen LogP contribution in [0.15, 0.2) is 12.3 Å². The van der Waals surface area contributed by atoms with Crippen molar-refractivity contribution in [2.24, 2.45) is 0 Å². The first-order valence-electron chi connectivity index (χ1n) is 6.29. The Morgan fingerprint density at radius 1 is 1.05 bits per heavy atom. The van der Waals surface area contributed by atoms with Crippen LogP contribution in [-0.2, 0) is 20.9 Å². The predicted octanol–water partition coefficient (Wildman–Crippen LogP) is 3.05. The van der Waals surface area contributed by atoms with Crippen LogP contribution < -0.4 is 4.72 Å². The van der Waals surface area contributed by atoms with Crippen LogP contribution in [0.4, 0.5) is 5.69 Å². The van der Waals surface area contributed by atoms with Crippen LogP contribution >= 0.6 is 0 Å². The second-order valence-corrected chi connectivity index (χ2v) is 8.74. The van der Waals surface area contributed by atoms with Crippen molar-refractivity contribution in [3.8, 4) is 0 Å². The zero-order valence-corrected chi connectivity index (χ0v) is 13.6. The van der Waals surface area contributed by atoms with E-state index in [-0.39, 0.29) is 10.8 Å². The minimum absolute atomic E-state index is 0.0721. The smallest absolute Gasteiger partial charge is 0.229 e. The van der Waals surface area contributed by atoms with E-state index in [9.17, 15) is 8.42 Å². The fourth-order valence-electron chi connectivity index (χ4n) is 1.75. The molecule has 0 aliphatic carbocycles. The van der Waals surface area contributed by atoms with Crippen molar-refractivity contribution in [3.05, 3.63) is 23.5 Å². The first kappa shape index (κ1) is 16.0. The molecule has 0 radical (unpaired) electrons. The molecule has 0 spiro atoms. The maximum atomic E-state index is 11.5. The quantitative estimate of drug-likeness (QED) is 0.908. The Kier molecular flexibility index (Phi) is 4.01. The second kappa shape index (κ2) is 4.78. The highest BCUT2D eigenvalue weighted by Gasteiger charge is 2.24. The zero-order chi connectivity index (χ0) is 15.1. The van der Waals surface area contributed by atoms with Crippen molar-refractivity contribution in [1.82, 2.24) is 4.98 Å². The molecular formula is C14H24N2O2S. The minimum Gasteiger partial charge on any atom is -0.282 e. The molecule has 4 nitrogen and oxygen atoms in total. The molecule has 0 amide bonds. The van der Waals surface area contributed by atoms with E-state index in [2.05, 4.69) is 30.5 Å². The van der Waals surface area contributed by atoms with Gasteiger partial charge in [0.25, 0.3) is 0 Å². The van der Waals surface area contributed by atoms with E-state index in [0.717, 1.165) is 17.5 Å². The van der Waals surface area contributed by atoms with E-state index in [1.165, 1.54) is 0 Å². The maximum Gasteiger partial charge on any atom is 0.229 e. The molecule has 0 unspecified atom stereocenters. The summed E-state index contributed by atoms with van der Waals surface area (Å²) in [4.78, 5) is 4.47. The molecule has 1 aromatic heterocycles. The highest BCUT2D eigenvalue weighted by Crippen LogP contribution is 2.32. The average Bonchev–Trinajstić information content (AvgIpc) is 2.11. The predicted molar refractivity (Wildman–Crippen MR) is 80.1 cm³/mol. The summed E-state index contributed by atoms with van der Waals surface area (Å²) in [6, 6.07) is 1.88. The van der Waals surface area contributed by atoms with Gasteiger partial charge in [-0.1, -0.05) is 41.5 Å². The fourth-order valence-corrected chi connectivity index (χ4v) is 2.31. The van der Waals surface area contributed by atoms with Gasteiger partial charge in [-0.3, -0.25) is 9.71 Å². The van der Waals surface area contributed by atoms with Crippen LogP contribution in [0.3, 0.4) is 0 Å². The second-order valence-electron chi connectivity index (χ2n) is 6.99. The van der Waals surface area contributed by atoms with E-state index in [4.69, 9.17) is 0 Å². The molecule has 1 heterocycles. The Labute approximate surface area is 116 Å². The molecule has 5 heteroatoms. The molecule has 0 saturated heterocycles. The van der Waals surface area contributed by atoms with Crippen LogP contribution in [0.25, 0.3) is 0 Å². The van der Waals surface area contributed by atoms with Gasteiger partial charge in [0.15, 0.2) is 0 Å². The average molecular weight is 284 g/mol. The number of rotatable bonds is 2. The normalized spacial score (nSPS) is 13.4. The lowest BCUT2D eigenvalue weighted by Gasteiger charge is -2.25. The highest BCUT2D eigenvalue weighted by atomic mass is 32.2. The van der Waals surface area contributed by atoms with E-state index >= 15 is 0 Å². The largest absolute Gasteiger partial charge is 0.282 e. The van der Waals surface area contributed by atoms with E-state index < -0.39 is 10.0 Å². The molecule has 19 heavy (non-hydrogen) atoms. The Morgan fingerprint density at radius 3 is 1.95 bits per heavy atom. The monoisotopic (exact) mass is 284 g/mol. The van der Waals surface area contributed by atoms with E-state index in [1.807, 2.05) is 33.0 Å². The van der Waals surface area contributed by atoms with Crippen molar-refractivity contribution in [3.63, 3.8) is 0 Å². The van der Waals surface area contributed by atoms with Crippen LogP contribution in [0, 0.1) is 0 Å². The van der Waals surface area contributed by atoms with Crippen molar-refractivity contribution >= 4 is 15.7 Å². The lowest BCUT2D eigenvalue weighted by molar-refractivity contribution is 0.558. The first-order valence-corrected chi connectivity index (χ1v) is 8.18. The van der Waals surface area contributed by atoms with Crippen molar-refractivity contribution in [1.29, 1.82) is 0 Å². The van der Waals surface area contributed by atoms with Gasteiger partial charge >= 0.3 is 0 Å². The van der Waals surface area contributed by atoms with Gasteiger partial charge in [0.05, 0.1) is 17.6 Å². The van der Waals surface area contributed by atoms with Gasteiger partial charge < -0.3 is 0 Å². The van der Waals surface area contributed by atoms with Crippen molar-refractivity contribution in [2.75, 3.05) is 11.0 Å². The molecule has 1 N–H and O–H groups in total. The van der Waals surface area contributed by atoms with Gasteiger partial charge in [-0.05, 0) is 17.0 Å². The summed E-state index contributed by atoms with van der Waals surface area (Å²) in [6.45, 7) is 12.3. The van der Waals surface area contributed by atoms with Gasteiger partial charge in [-0.25, -0.2) is 8.42 Å². The first-order chi connectivity index (χ1) is 8.31. The standard InChI is InChI=1S/C14H24N2O2S/c1-13(2,3)10-8-11(16-19(7,17)18)12(15-9-10)14(4,5)6/h8-9,16H,1-7H3. The highest BCUT2D eigenvalue weighted by molar-refractivity contribution is 7.92. The van der Waals surface area contributed by atoms with E-state index in [1.54, 1.807) is 0 Å². The number of anilines is 1. The Hall–Kier alpha value is -1.10. The molecule has 0 aliphatic heterocycles. The molecule has 0 atom stereocenters. The molecule has 108 valence electrons. The topological polar surface area (TPSA) is 59.1 Å². The lowest BCUT2D eigenvalue weighted by Crippen LogP contribution is -2.21. The van der Waals surface area contributed by atoms with Gasteiger partial charge in [0, 0.05) is 11.6 Å². The number of hydrogen-bond acceptors (Lipinski definition) is 3. The summed E-state index contributed by atoms with van der Waals surface area (Å²) >= 11 is 0. The lowest BCUT2D eigenvalue weighted by atomic mass is 9.85. The summed E-state index contributed by atoms with van der Waals surface area (Å²) in [6.07, 6.45) is 2.98. The number of aromatic nitrogens is 1. The Bertz CT molecular complexity index is 564. The van der Waals surface area contributed by atoms with Gasteiger partial charge in [-0.2, -0.15) is 0 Å². The van der Waals surface area contributed by atoms with Crippen LogP contribution in [0.2, 0.25) is 0 Å². The molecule has 0 bridgehead atoms. The molecule has 0 saturated carbocycles. The molecule has 0 aliphatic rings. The summed E-state index contributed by atoms with van der Waals surface area (Å²) in [5.41, 5.74) is 2.04. The van der Waals surface area contributed by atoms with Crippen LogP contribution in [0.5, 0.6) is 0 Å². The molecule has 1 rings (SSSR count). The third-order valence-electron chi connectivity index (χ3n) is 2.76. The molecule has 1 aromatic rings. The number of nitrogens with zero attached hydrogens (tertiary/aromatic N) is 1. The zero-order valence-electron chi connectivity index (χ0n) is 12.8. The Morgan fingerprint density at radius 2 is 1.58 bits per heavy atom. The summed E-state index contributed by atoms with van der Waals surface area (Å²) in [5.74, 6) is 0. The molecule has 0 fully saturated rings. The number of pyridine rings is 1. The molecular weight excluding hydrogens is 260 g/mol. The number of hydrogen-bond donors (Lipinski definition) is 1. The third kappa shape index (κ3) is 4.49. The summed E-state index contributed by atoms with van der Waals surface area (Å²) in [7, 11) is -3.31.